The number of nitrogens with zero attached hydrogens (tertiary/aromatic N) is 4. The molecule has 0 saturated carbocycles. The third-order valence-electron chi connectivity index (χ3n) is 3.53. The first-order valence-corrected chi connectivity index (χ1v) is 7.12. The zero-order valence-electron chi connectivity index (χ0n) is 12.2. The molecule has 1 aliphatic rings. The van der Waals surface area contributed by atoms with E-state index in [4.69, 9.17) is 9.26 Å². The van der Waals surface area contributed by atoms with Gasteiger partial charge in [-0.2, -0.15) is 4.98 Å². The number of rotatable bonds is 4. The van der Waals surface area contributed by atoms with Crippen molar-refractivity contribution in [2.75, 3.05) is 33.3 Å². The van der Waals surface area contributed by atoms with Gasteiger partial charge in [-0.15, -0.1) is 0 Å². The monoisotopic (exact) mass is 289 g/mol. The van der Waals surface area contributed by atoms with Crippen LogP contribution < -0.4 is 10.1 Å². The Morgan fingerprint density at radius 1 is 1.52 bits per heavy atom. The molecule has 0 amide bonds. The van der Waals surface area contributed by atoms with E-state index in [0.29, 0.717) is 24.2 Å². The van der Waals surface area contributed by atoms with E-state index < -0.39 is 0 Å². The van der Waals surface area contributed by atoms with Gasteiger partial charge in [0.2, 0.25) is 5.88 Å². The van der Waals surface area contributed by atoms with Gasteiger partial charge in [0.25, 0.3) is 5.89 Å². The molecule has 2 aromatic rings. The summed E-state index contributed by atoms with van der Waals surface area (Å²) in [5.41, 5.74) is 0.726. The minimum absolute atomic E-state index is 0.128. The topological polar surface area (TPSA) is 76.3 Å². The predicted octanol–water partition coefficient (Wildman–Crippen LogP) is 1.11. The first-order valence-electron chi connectivity index (χ1n) is 7.12. The number of aromatic nitrogens is 3. The molecule has 0 radical (unpaired) electrons. The van der Waals surface area contributed by atoms with Gasteiger partial charge in [-0.05, 0) is 26.1 Å². The number of piperazine rings is 1. The molecule has 0 aromatic carbocycles. The number of ether oxygens (including phenoxy) is 1. The van der Waals surface area contributed by atoms with Crippen LogP contribution in [0.5, 0.6) is 5.88 Å². The van der Waals surface area contributed by atoms with Crippen molar-refractivity contribution in [3.8, 4) is 17.3 Å². The maximum atomic E-state index is 5.51. The number of hydrogen-bond acceptors (Lipinski definition) is 7. The molecular weight excluding hydrogens is 270 g/mol. The molecule has 0 bridgehead atoms. The Kier molecular flexibility index (Phi) is 4.12. The molecule has 0 aliphatic carbocycles. The molecule has 3 rings (SSSR count). The van der Waals surface area contributed by atoms with Crippen LogP contribution in [-0.2, 0) is 0 Å². The van der Waals surface area contributed by atoms with Crippen LogP contribution in [0, 0.1) is 0 Å². The van der Waals surface area contributed by atoms with Crippen molar-refractivity contribution in [3.05, 3.63) is 24.2 Å². The Morgan fingerprint density at radius 2 is 2.43 bits per heavy atom. The maximum Gasteiger partial charge on any atom is 0.263 e. The molecule has 2 aromatic heterocycles. The summed E-state index contributed by atoms with van der Waals surface area (Å²) in [5.74, 6) is 1.65. The molecule has 1 N–H and O–H groups in total. The van der Waals surface area contributed by atoms with Crippen LogP contribution in [0.25, 0.3) is 11.5 Å². The first-order chi connectivity index (χ1) is 10.3. The van der Waals surface area contributed by atoms with E-state index in [0.717, 1.165) is 25.2 Å². The largest absolute Gasteiger partial charge is 0.477 e. The van der Waals surface area contributed by atoms with Crippen LogP contribution in [-0.4, -0.2) is 53.3 Å². The van der Waals surface area contributed by atoms with Crippen molar-refractivity contribution < 1.29 is 9.26 Å². The second kappa shape index (κ2) is 6.19. The Balaban J connectivity index is 1.88. The number of hydrogen-bond donors (Lipinski definition) is 1. The summed E-state index contributed by atoms with van der Waals surface area (Å²) in [6.07, 6.45) is 1.69. The summed E-state index contributed by atoms with van der Waals surface area (Å²) < 4.78 is 10.9. The third kappa shape index (κ3) is 2.88. The molecule has 0 spiro atoms. The highest BCUT2D eigenvalue weighted by Crippen LogP contribution is 2.28. The lowest BCUT2D eigenvalue weighted by atomic mass is 10.2. The average Bonchev–Trinajstić information content (AvgIpc) is 2.98. The van der Waals surface area contributed by atoms with Crippen molar-refractivity contribution in [2.45, 2.75) is 13.0 Å². The Hall–Kier alpha value is -1.99. The average molecular weight is 289 g/mol. The van der Waals surface area contributed by atoms with E-state index in [2.05, 4.69) is 32.4 Å². The minimum Gasteiger partial charge on any atom is -0.477 e. The van der Waals surface area contributed by atoms with Crippen LogP contribution in [0.2, 0.25) is 0 Å². The fourth-order valence-corrected chi connectivity index (χ4v) is 2.38. The lowest BCUT2D eigenvalue weighted by molar-refractivity contribution is 0.190. The molecule has 7 nitrogen and oxygen atoms in total. The smallest absolute Gasteiger partial charge is 0.263 e. The van der Waals surface area contributed by atoms with Gasteiger partial charge in [-0.25, -0.2) is 4.98 Å². The third-order valence-corrected chi connectivity index (χ3v) is 3.53. The molecule has 1 atom stereocenters. The fraction of sp³-hybridized carbons (Fsp3) is 0.500. The molecule has 1 aliphatic heterocycles. The van der Waals surface area contributed by atoms with Crippen LogP contribution in [0.3, 0.4) is 0 Å². The Labute approximate surface area is 123 Å². The van der Waals surface area contributed by atoms with Gasteiger partial charge in [0.1, 0.15) is 5.56 Å². The number of nitrogens with one attached hydrogen (secondary N) is 1. The van der Waals surface area contributed by atoms with E-state index >= 15 is 0 Å². The molecule has 1 unspecified atom stereocenters. The summed E-state index contributed by atoms with van der Waals surface area (Å²) in [4.78, 5) is 10.9. The quantitative estimate of drug-likeness (QED) is 0.903. The van der Waals surface area contributed by atoms with E-state index in [1.54, 1.807) is 6.20 Å². The highest BCUT2D eigenvalue weighted by Gasteiger charge is 2.26. The number of likely N-dealkylation sites (N-methyl/N-ethyl adjacent to an activating group) is 1. The lowest BCUT2D eigenvalue weighted by Crippen LogP contribution is -2.44. The minimum atomic E-state index is 0.128. The Morgan fingerprint density at radius 3 is 3.24 bits per heavy atom. The lowest BCUT2D eigenvalue weighted by Gasteiger charge is -2.30. The summed E-state index contributed by atoms with van der Waals surface area (Å²) in [5, 5.41) is 7.46. The second-order valence-electron chi connectivity index (χ2n) is 4.95. The molecule has 112 valence electrons. The SMILES string of the molecule is CCOc1ncccc1-c1nc(C2CNCCN2C)no1. The molecular formula is C14H19N5O2. The molecule has 1 saturated heterocycles. The van der Waals surface area contributed by atoms with E-state index in [-0.39, 0.29) is 6.04 Å². The molecule has 7 heteroatoms. The van der Waals surface area contributed by atoms with Crippen LogP contribution in [0.15, 0.2) is 22.9 Å². The zero-order valence-corrected chi connectivity index (χ0v) is 12.2. The van der Waals surface area contributed by atoms with Crippen molar-refractivity contribution in [1.82, 2.24) is 25.3 Å². The first kappa shape index (κ1) is 14.0. The second-order valence-corrected chi connectivity index (χ2v) is 4.95. The standard InChI is InChI=1S/C14H19N5O2/c1-3-20-13-10(5-4-6-16-13)14-17-12(18-21-14)11-9-15-7-8-19(11)2/h4-6,11,15H,3,7-9H2,1-2H3. The summed E-state index contributed by atoms with van der Waals surface area (Å²) in [6.45, 7) is 5.22. The van der Waals surface area contributed by atoms with Gasteiger partial charge in [-0.1, -0.05) is 5.16 Å². The molecule has 21 heavy (non-hydrogen) atoms. The van der Waals surface area contributed by atoms with Gasteiger partial charge in [-0.3, -0.25) is 4.90 Å². The van der Waals surface area contributed by atoms with E-state index in [9.17, 15) is 0 Å². The van der Waals surface area contributed by atoms with Crippen LogP contribution in [0.1, 0.15) is 18.8 Å². The van der Waals surface area contributed by atoms with Crippen molar-refractivity contribution in [1.29, 1.82) is 0 Å². The normalized spacial score (nSPS) is 19.6. The van der Waals surface area contributed by atoms with E-state index in [1.807, 2.05) is 19.1 Å². The van der Waals surface area contributed by atoms with Gasteiger partial charge in [0.15, 0.2) is 5.82 Å². The van der Waals surface area contributed by atoms with Gasteiger partial charge >= 0.3 is 0 Å². The summed E-state index contributed by atoms with van der Waals surface area (Å²) >= 11 is 0. The molecule has 3 heterocycles. The summed E-state index contributed by atoms with van der Waals surface area (Å²) in [6, 6.07) is 3.83. The number of pyridine rings is 1. The zero-order chi connectivity index (χ0) is 14.7. The predicted molar refractivity (Wildman–Crippen MR) is 76.9 cm³/mol. The highest BCUT2D eigenvalue weighted by atomic mass is 16.5. The van der Waals surface area contributed by atoms with Crippen LogP contribution in [0.4, 0.5) is 0 Å². The van der Waals surface area contributed by atoms with Crippen molar-refractivity contribution in [2.24, 2.45) is 0 Å². The maximum absolute atomic E-state index is 5.51. The van der Waals surface area contributed by atoms with E-state index in [1.165, 1.54) is 0 Å². The van der Waals surface area contributed by atoms with Crippen LogP contribution >= 0.6 is 0 Å². The fourth-order valence-electron chi connectivity index (χ4n) is 2.38. The Bertz CT molecular complexity index is 601. The summed E-state index contributed by atoms with van der Waals surface area (Å²) in [7, 11) is 2.07. The van der Waals surface area contributed by atoms with Crippen molar-refractivity contribution in [3.63, 3.8) is 0 Å². The van der Waals surface area contributed by atoms with Crippen molar-refractivity contribution >= 4 is 0 Å². The highest BCUT2D eigenvalue weighted by molar-refractivity contribution is 5.59. The van der Waals surface area contributed by atoms with Gasteiger partial charge < -0.3 is 14.6 Å². The van der Waals surface area contributed by atoms with Gasteiger partial charge in [0.05, 0.1) is 12.6 Å². The van der Waals surface area contributed by atoms with Gasteiger partial charge in [0, 0.05) is 25.8 Å². The molecule has 1 fully saturated rings.